The lowest BCUT2D eigenvalue weighted by atomic mass is 9.84. The summed E-state index contributed by atoms with van der Waals surface area (Å²) >= 11 is 0. The van der Waals surface area contributed by atoms with Gasteiger partial charge in [-0.25, -0.2) is 4.68 Å². The van der Waals surface area contributed by atoms with Gasteiger partial charge in [0.25, 0.3) is 0 Å². The molecule has 2 aromatic rings. The molecule has 21 heavy (non-hydrogen) atoms. The Morgan fingerprint density at radius 3 is 2.67 bits per heavy atom. The summed E-state index contributed by atoms with van der Waals surface area (Å²) in [6.07, 6.45) is 6.83. The lowest BCUT2D eigenvalue weighted by molar-refractivity contribution is 0.0720. The van der Waals surface area contributed by atoms with Crippen LogP contribution in [0.3, 0.4) is 0 Å². The third-order valence-corrected chi connectivity index (χ3v) is 4.88. The number of benzene rings is 1. The molecule has 1 N–H and O–H groups in total. The fraction of sp³-hybridized carbons (Fsp3) is 0.471. The minimum absolute atomic E-state index is 0.660. The first-order chi connectivity index (χ1) is 10.4. The average Bonchev–Trinajstić information content (AvgIpc) is 3.04. The monoisotopic (exact) mass is 282 g/mol. The van der Waals surface area contributed by atoms with Gasteiger partial charge in [-0.05, 0) is 44.0 Å². The summed E-state index contributed by atoms with van der Waals surface area (Å²) in [6.45, 7) is 4.74. The molecule has 0 saturated carbocycles. The topological polar surface area (TPSA) is 33.1 Å². The van der Waals surface area contributed by atoms with E-state index in [1.165, 1.54) is 38.0 Å². The van der Waals surface area contributed by atoms with Gasteiger partial charge in [-0.1, -0.05) is 18.2 Å². The highest BCUT2D eigenvalue weighted by atomic mass is 15.3. The second-order valence-electron chi connectivity index (χ2n) is 6.25. The van der Waals surface area contributed by atoms with Crippen molar-refractivity contribution >= 4 is 0 Å². The van der Waals surface area contributed by atoms with Crippen LogP contribution in [0.2, 0.25) is 0 Å². The van der Waals surface area contributed by atoms with E-state index in [1.54, 1.807) is 0 Å². The summed E-state index contributed by atoms with van der Waals surface area (Å²) in [6, 6.07) is 10.9. The Labute approximate surface area is 125 Å². The zero-order valence-corrected chi connectivity index (χ0v) is 12.3. The molecular formula is C17H22N4. The standard InChI is InChI=1S/C17H22N4/c1-2-4-16(5-3-1)21-12-14(11-19-21)10-18-17-13-20-8-6-15(17)7-9-20/h1-5,11-12,15,17-18H,6-10,13H2. The van der Waals surface area contributed by atoms with Gasteiger partial charge in [-0.15, -0.1) is 0 Å². The van der Waals surface area contributed by atoms with E-state index in [9.17, 15) is 0 Å². The fourth-order valence-electron chi connectivity index (χ4n) is 3.62. The molecular weight excluding hydrogens is 260 g/mol. The quantitative estimate of drug-likeness (QED) is 0.932. The molecule has 2 bridgehead atoms. The highest BCUT2D eigenvalue weighted by Gasteiger charge is 2.33. The maximum Gasteiger partial charge on any atom is 0.0645 e. The lowest BCUT2D eigenvalue weighted by Crippen LogP contribution is -2.55. The van der Waals surface area contributed by atoms with Crippen molar-refractivity contribution in [1.82, 2.24) is 20.0 Å². The molecule has 3 aliphatic rings. The predicted octanol–water partition coefficient (Wildman–Crippen LogP) is 2.06. The number of piperidine rings is 3. The van der Waals surface area contributed by atoms with Crippen molar-refractivity contribution in [2.45, 2.75) is 25.4 Å². The largest absolute Gasteiger partial charge is 0.308 e. The van der Waals surface area contributed by atoms with Crippen molar-refractivity contribution in [3.63, 3.8) is 0 Å². The molecule has 0 spiro atoms. The Balaban J connectivity index is 1.39. The highest BCUT2D eigenvalue weighted by Crippen LogP contribution is 2.27. The molecule has 0 amide bonds. The minimum atomic E-state index is 0.660. The van der Waals surface area contributed by atoms with Crippen molar-refractivity contribution in [1.29, 1.82) is 0 Å². The maximum absolute atomic E-state index is 4.46. The Bertz CT molecular complexity index is 584. The number of para-hydroxylation sites is 1. The van der Waals surface area contributed by atoms with Crippen LogP contribution in [-0.4, -0.2) is 40.4 Å². The number of aromatic nitrogens is 2. The van der Waals surface area contributed by atoms with Gasteiger partial charge >= 0.3 is 0 Å². The zero-order chi connectivity index (χ0) is 14.1. The molecule has 1 aromatic heterocycles. The molecule has 5 rings (SSSR count). The summed E-state index contributed by atoms with van der Waals surface area (Å²) in [7, 11) is 0. The van der Waals surface area contributed by atoms with E-state index in [-0.39, 0.29) is 0 Å². The highest BCUT2D eigenvalue weighted by molar-refractivity contribution is 5.30. The van der Waals surface area contributed by atoms with Crippen molar-refractivity contribution < 1.29 is 0 Å². The van der Waals surface area contributed by atoms with Crippen LogP contribution in [0.4, 0.5) is 0 Å². The van der Waals surface area contributed by atoms with Gasteiger partial charge in [0.05, 0.1) is 11.9 Å². The van der Waals surface area contributed by atoms with Crippen LogP contribution in [0.15, 0.2) is 42.7 Å². The Hall–Kier alpha value is -1.65. The SMILES string of the molecule is c1ccc(-n2cc(CNC3CN4CCC3CC4)cn2)cc1. The van der Waals surface area contributed by atoms with E-state index >= 15 is 0 Å². The van der Waals surface area contributed by atoms with E-state index in [0.29, 0.717) is 6.04 Å². The summed E-state index contributed by atoms with van der Waals surface area (Å²) < 4.78 is 1.95. The van der Waals surface area contributed by atoms with Crippen LogP contribution in [0.25, 0.3) is 5.69 Å². The molecule has 0 aliphatic carbocycles. The van der Waals surface area contributed by atoms with E-state index in [4.69, 9.17) is 0 Å². The van der Waals surface area contributed by atoms with E-state index < -0.39 is 0 Å². The molecule has 1 aromatic carbocycles. The molecule has 4 heteroatoms. The Kier molecular flexibility index (Phi) is 3.49. The van der Waals surface area contributed by atoms with E-state index in [1.807, 2.05) is 29.1 Å². The average molecular weight is 282 g/mol. The maximum atomic E-state index is 4.46. The number of hydrogen-bond acceptors (Lipinski definition) is 3. The zero-order valence-electron chi connectivity index (χ0n) is 12.3. The van der Waals surface area contributed by atoms with Crippen molar-refractivity contribution in [3.05, 3.63) is 48.3 Å². The lowest BCUT2D eigenvalue weighted by Gasteiger charge is -2.45. The van der Waals surface area contributed by atoms with Crippen molar-refractivity contribution in [2.75, 3.05) is 19.6 Å². The normalized spacial score (nSPS) is 27.9. The van der Waals surface area contributed by atoms with E-state index in [2.05, 4.69) is 33.6 Å². The molecule has 1 atom stereocenters. The Morgan fingerprint density at radius 1 is 1.14 bits per heavy atom. The Morgan fingerprint density at radius 2 is 1.95 bits per heavy atom. The molecule has 0 radical (unpaired) electrons. The molecule has 110 valence electrons. The number of nitrogens with zero attached hydrogens (tertiary/aromatic N) is 3. The molecule has 1 unspecified atom stereocenters. The first kappa shape index (κ1) is 13.0. The van der Waals surface area contributed by atoms with Gasteiger partial charge in [0.2, 0.25) is 0 Å². The molecule has 4 heterocycles. The number of hydrogen-bond donors (Lipinski definition) is 1. The smallest absolute Gasteiger partial charge is 0.0645 e. The van der Waals surface area contributed by atoms with Crippen LogP contribution in [0, 0.1) is 5.92 Å². The second kappa shape index (κ2) is 5.62. The van der Waals surface area contributed by atoms with Crippen molar-refractivity contribution in [2.24, 2.45) is 5.92 Å². The summed E-state index contributed by atoms with van der Waals surface area (Å²) in [5, 5.41) is 8.20. The van der Waals surface area contributed by atoms with Gasteiger partial charge < -0.3 is 10.2 Å². The van der Waals surface area contributed by atoms with Crippen LogP contribution >= 0.6 is 0 Å². The fourth-order valence-corrected chi connectivity index (χ4v) is 3.62. The third kappa shape index (κ3) is 2.74. The van der Waals surface area contributed by atoms with Gasteiger partial charge in [0.1, 0.15) is 0 Å². The summed E-state index contributed by atoms with van der Waals surface area (Å²) in [4.78, 5) is 2.59. The second-order valence-corrected chi connectivity index (χ2v) is 6.25. The first-order valence-corrected chi connectivity index (χ1v) is 7.93. The van der Waals surface area contributed by atoms with Gasteiger partial charge in [-0.2, -0.15) is 5.10 Å². The van der Waals surface area contributed by atoms with Crippen molar-refractivity contribution in [3.8, 4) is 5.69 Å². The number of fused-ring (bicyclic) bond motifs is 3. The van der Waals surface area contributed by atoms with Crippen LogP contribution in [0.5, 0.6) is 0 Å². The predicted molar refractivity (Wildman–Crippen MR) is 83.4 cm³/mol. The first-order valence-electron chi connectivity index (χ1n) is 7.93. The molecule has 3 saturated heterocycles. The van der Waals surface area contributed by atoms with Gasteiger partial charge in [-0.3, -0.25) is 0 Å². The minimum Gasteiger partial charge on any atom is -0.308 e. The molecule has 3 fully saturated rings. The van der Waals surface area contributed by atoms with Crippen LogP contribution in [-0.2, 0) is 6.54 Å². The third-order valence-electron chi connectivity index (χ3n) is 4.88. The summed E-state index contributed by atoms with van der Waals surface area (Å²) in [5.41, 5.74) is 2.38. The molecule has 4 nitrogen and oxygen atoms in total. The van der Waals surface area contributed by atoms with Gasteiger partial charge in [0.15, 0.2) is 0 Å². The van der Waals surface area contributed by atoms with Crippen LogP contribution in [0.1, 0.15) is 18.4 Å². The van der Waals surface area contributed by atoms with Gasteiger partial charge in [0, 0.05) is 30.9 Å². The van der Waals surface area contributed by atoms with Crippen LogP contribution < -0.4 is 5.32 Å². The van der Waals surface area contributed by atoms with E-state index in [0.717, 1.165) is 18.2 Å². The number of nitrogens with one attached hydrogen (secondary N) is 1. The summed E-state index contributed by atoms with van der Waals surface area (Å²) in [5.74, 6) is 0.874. The number of rotatable bonds is 4. The molecule has 3 aliphatic heterocycles.